The van der Waals surface area contributed by atoms with Gasteiger partial charge >= 0.3 is 11.9 Å². The van der Waals surface area contributed by atoms with Gasteiger partial charge in [0.05, 0.1) is 35.0 Å². The average Bonchev–Trinajstić information content (AvgIpc) is 2.94. The molecule has 0 aliphatic heterocycles. The molecule has 3 rings (SSSR count). The predicted octanol–water partition coefficient (Wildman–Crippen LogP) is 5.64. The van der Waals surface area contributed by atoms with E-state index in [1.54, 1.807) is 62.4 Å². The van der Waals surface area contributed by atoms with Crippen LogP contribution in [0, 0.1) is 14.9 Å². The van der Waals surface area contributed by atoms with Gasteiger partial charge in [0.2, 0.25) is 0 Å². The Hall–Kier alpha value is -4.37. The first-order chi connectivity index (χ1) is 18.8. The molecule has 1 N–H and O–H groups in total. The van der Waals surface area contributed by atoms with Gasteiger partial charge in [-0.3, -0.25) is 4.79 Å². The lowest BCUT2D eigenvalue weighted by Crippen LogP contribution is -2.14. The normalized spacial score (nSPS) is 10.7. The molecule has 0 fully saturated rings. The van der Waals surface area contributed by atoms with Crippen LogP contribution in [-0.2, 0) is 9.53 Å². The Bertz CT molecular complexity index is 1430. The maximum absolute atomic E-state index is 12.8. The Morgan fingerprint density at radius 1 is 0.949 bits per heavy atom. The number of ether oxygens (including phenoxy) is 4. The first kappa shape index (κ1) is 29.2. The highest BCUT2D eigenvalue weighted by molar-refractivity contribution is 14.1. The van der Waals surface area contributed by atoms with Crippen LogP contribution in [0.4, 0.5) is 5.69 Å². The molecule has 0 bridgehead atoms. The predicted molar refractivity (Wildman–Crippen MR) is 153 cm³/mol. The van der Waals surface area contributed by atoms with E-state index in [9.17, 15) is 19.6 Å². The Morgan fingerprint density at radius 2 is 1.59 bits per heavy atom. The van der Waals surface area contributed by atoms with E-state index < -0.39 is 17.8 Å². The van der Waals surface area contributed by atoms with Crippen molar-refractivity contribution in [1.82, 2.24) is 0 Å². The molecule has 3 aromatic carbocycles. The third kappa shape index (κ3) is 7.81. The summed E-state index contributed by atoms with van der Waals surface area (Å²) < 4.78 is 21.9. The van der Waals surface area contributed by atoms with Crippen LogP contribution in [0.15, 0.2) is 66.2 Å². The number of methoxy groups -OCH3 is 1. The number of nitrogens with zero attached hydrogens (tertiary/aromatic N) is 1. The molecule has 0 saturated carbocycles. The van der Waals surface area contributed by atoms with Crippen LogP contribution in [-0.4, -0.2) is 38.2 Å². The first-order valence-corrected chi connectivity index (χ1v) is 12.9. The van der Waals surface area contributed by atoms with Crippen molar-refractivity contribution in [3.8, 4) is 23.3 Å². The van der Waals surface area contributed by atoms with Crippen LogP contribution in [0.25, 0.3) is 6.08 Å². The van der Waals surface area contributed by atoms with E-state index in [4.69, 9.17) is 18.9 Å². The molecular formula is C29H25IN2O7. The van der Waals surface area contributed by atoms with Crippen molar-refractivity contribution in [1.29, 1.82) is 5.26 Å². The number of carbonyl (C=O) groups excluding carboxylic acids is 3. The summed E-state index contributed by atoms with van der Waals surface area (Å²) >= 11 is 2.00. The van der Waals surface area contributed by atoms with E-state index in [1.807, 2.05) is 28.7 Å². The molecule has 0 unspecified atom stereocenters. The maximum Gasteiger partial charge on any atom is 0.343 e. The molecule has 0 radical (unpaired) electrons. The van der Waals surface area contributed by atoms with E-state index >= 15 is 0 Å². The Balaban J connectivity index is 1.82. The van der Waals surface area contributed by atoms with Crippen LogP contribution in [0.5, 0.6) is 17.2 Å². The number of nitriles is 1. The Morgan fingerprint density at radius 3 is 2.18 bits per heavy atom. The van der Waals surface area contributed by atoms with Crippen LogP contribution >= 0.6 is 22.6 Å². The summed E-state index contributed by atoms with van der Waals surface area (Å²) in [5.41, 5.74) is 1.41. The van der Waals surface area contributed by atoms with E-state index in [0.29, 0.717) is 38.3 Å². The van der Waals surface area contributed by atoms with Gasteiger partial charge < -0.3 is 24.3 Å². The summed E-state index contributed by atoms with van der Waals surface area (Å²) in [5, 5.41) is 12.3. The second-order valence-corrected chi connectivity index (χ2v) is 8.96. The lowest BCUT2D eigenvalue weighted by Gasteiger charge is -2.14. The van der Waals surface area contributed by atoms with Gasteiger partial charge in [-0.25, -0.2) is 9.59 Å². The fourth-order valence-electron chi connectivity index (χ4n) is 3.33. The second kappa shape index (κ2) is 14.0. The zero-order valence-electron chi connectivity index (χ0n) is 21.4. The van der Waals surface area contributed by atoms with Crippen molar-refractivity contribution in [3.05, 3.63) is 86.5 Å². The van der Waals surface area contributed by atoms with Gasteiger partial charge in [-0.15, -0.1) is 0 Å². The molecule has 0 aromatic heterocycles. The van der Waals surface area contributed by atoms with Crippen LogP contribution in [0.1, 0.15) is 40.1 Å². The molecule has 3 aromatic rings. The fraction of sp³-hybridized carbons (Fsp3) is 0.172. The van der Waals surface area contributed by atoms with Crippen molar-refractivity contribution in [2.24, 2.45) is 0 Å². The quantitative estimate of drug-likeness (QED) is 0.0994. The highest BCUT2D eigenvalue weighted by atomic mass is 127. The monoisotopic (exact) mass is 640 g/mol. The summed E-state index contributed by atoms with van der Waals surface area (Å²) in [5.74, 6) is -0.566. The zero-order valence-corrected chi connectivity index (χ0v) is 23.6. The minimum Gasteiger partial charge on any atom is -0.497 e. The molecular weight excluding hydrogens is 615 g/mol. The largest absolute Gasteiger partial charge is 0.497 e. The number of halogens is 1. The van der Waals surface area contributed by atoms with Gasteiger partial charge in [-0.1, -0.05) is 0 Å². The molecule has 200 valence electrons. The molecule has 0 atom stereocenters. The number of rotatable bonds is 10. The molecule has 39 heavy (non-hydrogen) atoms. The Kier molecular flexibility index (Phi) is 10.5. The average molecular weight is 640 g/mol. The van der Waals surface area contributed by atoms with Crippen molar-refractivity contribution >= 4 is 52.2 Å². The summed E-state index contributed by atoms with van der Waals surface area (Å²) in [6.07, 6.45) is 1.40. The number of esters is 2. The number of hydrogen-bond donors (Lipinski definition) is 1. The van der Waals surface area contributed by atoms with Gasteiger partial charge in [0.25, 0.3) is 5.91 Å². The van der Waals surface area contributed by atoms with Gasteiger partial charge in [-0.05, 0) is 109 Å². The number of anilines is 1. The van der Waals surface area contributed by atoms with Gasteiger partial charge in [-0.2, -0.15) is 5.26 Å². The molecule has 1 amide bonds. The van der Waals surface area contributed by atoms with Gasteiger partial charge in [0.1, 0.15) is 17.4 Å². The van der Waals surface area contributed by atoms with Crippen molar-refractivity contribution in [2.45, 2.75) is 13.8 Å². The third-order valence-corrected chi connectivity index (χ3v) is 5.98. The number of benzene rings is 3. The van der Waals surface area contributed by atoms with Gasteiger partial charge in [0, 0.05) is 5.69 Å². The maximum atomic E-state index is 12.8. The smallest absolute Gasteiger partial charge is 0.343 e. The number of carbonyl (C=O) groups is 3. The molecule has 0 aliphatic carbocycles. The van der Waals surface area contributed by atoms with Crippen LogP contribution in [0.3, 0.4) is 0 Å². The minimum absolute atomic E-state index is 0.161. The zero-order chi connectivity index (χ0) is 28.4. The van der Waals surface area contributed by atoms with E-state index in [1.165, 1.54) is 25.3 Å². The highest BCUT2D eigenvalue weighted by Gasteiger charge is 2.18. The molecule has 0 saturated heterocycles. The minimum atomic E-state index is -0.635. The molecule has 0 spiro atoms. The second-order valence-electron chi connectivity index (χ2n) is 7.80. The number of hydrogen-bond acceptors (Lipinski definition) is 8. The number of amides is 1. The highest BCUT2D eigenvalue weighted by Crippen LogP contribution is 2.35. The molecule has 9 nitrogen and oxygen atoms in total. The summed E-state index contributed by atoms with van der Waals surface area (Å²) in [6, 6.07) is 17.8. The Labute approximate surface area is 239 Å². The lowest BCUT2D eigenvalue weighted by atomic mass is 10.1. The van der Waals surface area contributed by atoms with E-state index in [-0.39, 0.29) is 23.7 Å². The summed E-state index contributed by atoms with van der Waals surface area (Å²) in [6.45, 7) is 4.04. The summed E-state index contributed by atoms with van der Waals surface area (Å²) in [4.78, 5) is 37.3. The van der Waals surface area contributed by atoms with Crippen LogP contribution in [0.2, 0.25) is 0 Å². The van der Waals surface area contributed by atoms with Crippen molar-refractivity contribution < 1.29 is 33.3 Å². The lowest BCUT2D eigenvalue weighted by molar-refractivity contribution is -0.112. The van der Waals surface area contributed by atoms with Crippen molar-refractivity contribution in [3.63, 3.8) is 0 Å². The topological polar surface area (TPSA) is 124 Å². The SMILES string of the molecule is CCOC(=O)c1ccc(NC(=O)/C(C#N)=C/c2cc(I)c(OC(=O)c3ccc(OC)cc3)c(OCC)c2)cc1. The number of nitrogens with one attached hydrogen (secondary N) is 1. The molecule has 10 heteroatoms. The van der Waals surface area contributed by atoms with Crippen molar-refractivity contribution in [2.75, 3.05) is 25.6 Å². The standard InChI is InChI=1S/C29H25IN2O7/c1-4-37-25-16-18(15-24(30)26(25)39-29(35)20-8-12-23(36-3)13-9-20)14-21(17-31)27(33)32-22-10-6-19(7-11-22)28(34)38-5-2/h6-16H,4-5H2,1-3H3,(H,32,33)/b21-14+. The first-order valence-electron chi connectivity index (χ1n) is 11.8. The van der Waals surface area contributed by atoms with E-state index in [2.05, 4.69) is 5.32 Å². The summed E-state index contributed by atoms with van der Waals surface area (Å²) in [7, 11) is 1.53. The van der Waals surface area contributed by atoms with E-state index in [0.717, 1.165) is 0 Å². The molecule has 0 heterocycles. The third-order valence-electron chi connectivity index (χ3n) is 5.18. The van der Waals surface area contributed by atoms with Crippen LogP contribution < -0.4 is 19.5 Å². The van der Waals surface area contributed by atoms with Gasteiger partial charge in [0.15, 0.2) is 11.5 Å². The fourth-order valence-corrected chi connectivity index (χ4v) is 4.07. The molecule has 0 aliphatic rings.